The smallest absolute Gasteiger partial charge is 0.271 e. The minimum absolute atomic E-state index is 0.341. The number of nitrogens with one attached hydrogen (secondary N) is 1. The first kappa shape index (κ1) is 15.9. The van der Waals surface area contributed by atoms with Gasteiger partial charge in [0.15, 0.2) is 0 Å². The average Bonchev–Trinajstić information content (AvgIpc) is 2.80. The monoisotopic (exact) mass is 319 g/mol. The molecule has 0 aliphatic rings. The van der Waals surface area contributed by atoms with Crippen molar-refractivity contribution in [3.63, 3.8) is 0 Å². The standard InChI is InChI=1S/C13H13F4N3S/c1-7-19-9(6-21-7)5-12(20-18)8-2-3-10(11(14)4-8)13(15,16)17/h2-4,6,12,20H,5,18H2,1H3. The highest BCUT2D eigenvalue weighted by Crippen LogP contribution is 2.32. The number of hydrogen-bond acceptors (Lipinski definition) is 4. The van der Waals surface area contributed by atoms with Gasteiger partial charge in [-0.3, -0.25) is 11.3 Å². The molecule has 8 heteroatoms. The quantitative estimate of drug-likeness (QED) is 0.516. The molecule has 0 saturated heterocycles. The molecule has 0 spiro atoms. The third-order valence-corrected chi connectivity index (χ3v) is 3.80. The third-order valence-electron chi connectivity index (χ3n) is 2.98. The van der Waals surface area contributed by atoms with Gasteiger partial charge in [-0.25, -0.2) is 9.37 Å². The van der Waals surface area contributed by atoms with E-state index in [1.54, 1.807) is 0 Å². The van der Waals surface area contributed by atoms with E-state index in [1.807, 2.05) is 12.3 Å². The van der Waals surface area contributed by atoms with Gasteiger partial charge in [-0.1, -0.05) is 6.07 Å². The number of nitrogens with two attached hydrogens (primary N) is 1. The molecule has 2 rings (SSSR count). The minimum atomic E-state index is -4.71. The summed E-state index contributed by atoms with van der Waals surface area (Å²) in [6.07, 6.45) is -4.34. The number of halogens is 4. The van der Waals surface area contributed by atoms with Crippen molar-refractivity contribution in [1.29, 1.82) is 0 Å². The number of thiazole rings is 1. The maximum Gasteiger partial charge on any atom is 0.419 e. The lowest BCUT2D eigenvalue weighted by atomic mass is 10.0. The van der Waals surface area contributed by atoms with E-state index < -0.39 is 23.6 Å². The molecular weight excluding hydrogens is 306 g/mol. The van der Waals surface area contributed by atoms with Crippen molar-refractivity contribution in [3.05, 3.63) is 51.2 Å². The molecule has 21 heavy (non-hydrogen) atoms. The van der Waals surface area contributed by atoms with E-state index in [9.17, 15) is 17.6 Å². The normalized spacial score (nSPS) is 13.4. The van der Waals surface area contributed by atoms with Crippen molar-refractivity contribution in [3.8, 4) is 0 Å². The fourth-order valence-electron chi connectivity index (χ4n) is 1.96. The van der Waals surface area contributed by atoms with Gasteiger partial charge >= 0.3 is 6.18 Å². The maximum atomic E-state index is 13.6. The molecule has 1 atom stereocenters. The summed E-state index contributed by atoms with van der Waals surface area (Å²) >= 11 is 1.46. The minimum Gasteiger partial charge on any atom is -0.271 e. The van der Waals surface area contributed by atoms with Crippen molar-refractivity contribution in [2.75, 3.05) is 0 Å². The van der Waals surface area contributed by atoms with Gasteiger partial charge in [0.1, 0.15) is 5.82 Å². The molecule has 0 radical (unpaired) electrons. The molecule has 3 N–H and O–H groups in total. The van der Waals surface area contributed by atoms with Gasteiger partial charge < -0.3 is 0 Å². The molecule has 2 aromatic rings. The fourth-order valence-corrected chi connectivity index (χ4v) is 2.59. The van der Waals surface area contributed by atoms with Gasteiger partial charge in [-0.2, -0.15) is 13.2 Å². The number of nitrogens with zero attached hydrogens (tertiary/aromatic N) is 1. The lowest BCUT2D eigenvalue weighted by molar-refractivity contribution is -0.140. The second kappa shape index (κ2) is 6.08. The molecule has 1 heterocycles. The SMILES string of the molecule is Cc1nc(CC(NN)c2ccc(C(F)(F)F)c(F)c2)cs1. The highest BCUT2D eigenvalue weighted by atomic mass is 32.1. The summed E-state index contributed by atoms with van der Waals surface area (Å²) in [5, 5.41) is 2.71. The van der Waals surface area contributed by atoms with Crippen LogP contribution in [0.15, 0.2) is 23.6 Å². The van der Waals surface area contributed by atoms with Crippen LogP contribution in [0.3, 0.4) is 0 Å². The van der Waals surface area contributed by atoms with Gasteiger partial charge in [0.05, 0.1) is 22.3 Å². The molecule has 0 fully saturated rings. The Hall–Kier alpha value is -1.51. The second-order valence-electron chi connectivity index (χ2n) is 4.52. The molecule has 0 aliphatic heterocycles. The Morgan fingerprint density at radius 1 is 1.38 bits per heavy atom. The predicted molar refractivity (Wildman–Crippen MR) is 72.0 cm³/mol. The van der Waals surface area contributed by atoms with Crippen LogP contribution in [0.5, 0.6) is 0 Å². The number of alkyl halides is 3. The average molecular weight is 319 g/mol. The molecule has 0 amide bonds. The number of rotatable bonds is 4. The first-order valence-corrected chi connectivity index (χ1v) is 6.93. The lowest BCUT2D eigenvalue weighted by Gasteiger charge is -2.17. The molecule has 1 aromatic heterocycles. The Labute approximate surface area is 122 Å². The van der Waals surface area contributed by atoms with E-state index >= 15 is 0 Å². The van der Waals surface area contributed by atoms with E-state index in [4.69, 9.17) is 5.84 Å². The second-order valence-corrected chi connectivity index (χ2v) is 5.58. The number of aryl methyl sites for hydroxylation is 1. The number of benzene rings is 1. The summed E-state index contributed by atoms with van der Waals surface area (Å²) in [7, 11) is 0. The van der Waals surface area contributed by atoms with Crippen LogP contribution in [0.25, 0.3) is 0 Å². The van der Waals surface area contributed by atoms with Crippen molar-refractivity contribution >= 4 is 11.3 Å². The first-order valence-electron chi connectivity index (χ1n) is 6.05. The first-order chi connectivity index (χ1) is 9.81. The van der Waals surface area contributed by atoms with E-state index in [0.717, 1.165) is 22.8 Å². The lowest BCUT2D eigenvalue weighted by Crippen LogP contribution is -2.30. The summed E-state index contributed by atoms with van der Waals surface area (Å²) in [5.74, 6) is 4.10. The van der Waals surface area contributed by atoms with Crippen LogP contribution in [0.2, 0.25) is 0 Å². The zero-order valence-electron chi connectivity index (χ0n) is 11.0. The third kappa shape index (κ3) is 3.78. The maximum absolute atomic E-state index is 13.6. The van der Waals surface area contributed by atoms with Crippen molar-refractivity contribution in [2.45, 2.75) is 25.6 Å². The van der Waals surface area contributed by atoms with Crippen molar-refractivity contribution < 1.29 is 17.6 Å². The predicted octanol–water partition coefficient (Wildman–Crippen LogP) is 3.36. The zero-order chi connectivity index (χ0) is 15.6. The topological polar surface area (TPSA) is 50.9 Å². The summed E-state index contributed by atoms with van der Waals surface area (Å²) in [4.78, 5) is 4.25. The molecule has 1 unspecified atom stereocenters. The number of hydrogen-bond donors (Lipinski definition) is 2. The van der Waals surface area contributed by atoms with Crippen molar-refractivity contribution in [2.24, 2.45) is 5.84 Å². The van der Waals surface area contributed by atoms with Crippen LogP contribution in [-0.2, 0) is 12.6 Å². The summed E-state index contributed by atoms with van der Waals surface area (Å²) in [5.41, 5.74) is 2.28. The van der Waals surface area contributed by atoms with Gasteiger partial charge in [0.25, 0.3) is 0 Å². The summed E-state index contributed by atoms with van der Waals surface area (Å²) < 4.78 is 51.2. The Morgan fingerprint density at radius 3 is 2.57 bits per heavy atom. The number of aromatic nitrogens is 1. The molecular formula is C13H13F4N3S. The summed E-state index contributed by atoms with van der Waals surface area (Å²) in [6, 6.07) is 2.28. The van der Waals surface area contributed by atoms with Crippen LogP contribution >= 0.6 is 11.3 Å². The largest absolute Gasteiger partial charge is 0.419 e. The highest BCUT2D eigenvalue weighted by Gasteiger charge is 2.34. The molecule has 0 aliphatic carbocycles. The highest BCUT2D eigenvalue weighted by molar-refractivity contribution is 7.09. The fraction of sp³-hybridized carbons (Fsp3) is 0.308. The molecule has 114 valence electrons. The Balaban J connectivity index is 2.24. The van der Waals surface area contributed by atoms with Gasteiger partial charge in [0.2, 0.25) is 0 Å². The van der Waals surface area contributed by atoms with Crippen LogP contribution < -0.4 is 11.3 Å². The molecule has 3 nitrogen and oxygen atoms in total. The van der Waals surface area contributed by atoms with E-state index in [-0.39, 0.29) is 0 Å². The Morgan fingerprint density at radius 2 is 2.10 bits per heavy atom. The Bertz CT molecular complexity index is 624. The van der Waals surface area contributed by atoms with Crippen molar-refractivity contribution in [1.82, 2.24) is 10.4 Å². The van der Waals surface area contributed by atoms with Crippen LogP contribution in [0.4, 0.5) is 17.6 Å². The van der Waals surface area contributed by atoms with Gasteiger partial charge in [0, 0.05) is 11.8 Å². The van der Waals surface area contributed by atoms with Gasteiger partial charge in [-0.15, -0.1) is 11.3 Å². The van der Waals surface area contributed by atoms with E-state index in [2.05, 4.69) is 10.4 Å². The van der Waals surface area contributed by atoms with Crippen LogP contribution in [0, 0.1) is 12.7 Å². The van der Waals surface area contributed by atoms with Crippen LogP contribution in [-0.4, -0.2) is 4.98 Å². The zero-order valence-corrected chi connectivity index (χ0v) is 11.9. The molecule has 0 bridgehead atoms. The Kier molecular flexibility index (Phi) is 4.60. The van der Waals surface area contributed by atoms with Gasteiger partial charge in [-0.05, 0) is 24.6 Å². The summed E-state index contributed by atoms with van der Waals surface area (Å²) in [6.45, 7) is 1.84. The van der Waals surface area contributed by atoms with E-state index in [0.29, 0.717) is 12.0 Å². The molecule has 0 saturated carbocycles. The molecule has 1 aromatic carbocycles. The number of hydrazine groups is 1. The van der Waals surface area contributed by atoms with Crippen LogP contribution in [0.1, 0.15) is 27.9 Å². The van der Waals surface area contributed by atoms with E-state index in [1.165, 1.54) is 17.4 Å².